The van der Waals surface area contributed by atoms with Gasteiger partial charge in [0.25, 0.3) is 0 Å². The van der Waals surface area contributed by atoms with Crippen LogP contribution < -0.4 is 34.7 Å². The Labute approximate surface area is 115 Å². The summed E-state index contributed by atoms with van der Waals surface area (Å²) in [5, 5.41) is 20.4. The Morgan fingerprint density at radius 2 is 2.31 bits per heavy atom. The van der Waals surface area contributed by atoms with E-state index in [0.717, 1.165) is 0 Å². The number of aliphatic hydroxyl groups is 1. The van der Waals surface area contributed by atoms with Crippen molar-refractivity contribution in [2.24, 2.45) is 5.41 Å². The molecule has 1 amide bonds. The van der Waals surface area contributed by atoms with Crippen molar-refractivity contribution in [3.05, 3.63) is 11.8 Å². The van der Waals surface area contributed by atoms with E-state index in [1.165, 1.54) is 11.0 Å². The monoisotopic (exact) mass is 233 g/mol. The maximum atomic E-state index is 11.2. The van der Waals surface area contributed by atoms with Gasteiger partial charge in [-0.05, 0) is 13.0 Å². The molecule has 6 heteroatoms. The van der Waals surface area contributed by atoms with Gasteiger partial charge in [-0.15, -0.1) is 0 Å². The van der Waals surface area contributed by atoms with Gasteiger partial charge in [0, 0.05) is 11.8 Å². The first kappa shape index (κ1) is 13.7. The van der Waals surface area contributed by atoms with Crippen LogP contribution >= 0.6 is 0 Å². The van der Waals surface area contributed by atoms with Gasteiger partial charge in [0.05, 0.1) is 23.8 Å². The maximum absolute atomic E-state index is 11.2. The Morgan fingerprint density at radius 3 is 2.62 bits per heavy atom. The number of carboxylic acid groups (broad SMARTS) is 1. The van der Waals surface area contributed by atoms with Crippen LogP contribution in [-0.4, -0.2) is 34.0 Å². The second-order valence-electron chi connectivity index (χ2n) is 4.34. The third kappa shape index (κ3) is 1.62. The van der Waals surface area contributed by atoms with Crippen molar-refractivity contribution in [3.8, 4) is 0 Å². The third-order valence-corrected chi connectivity index (χ3v) is 3.48. The van der Waals surface area contributed by atoms with E-state index in [-0.39, 0.29) is 53.6 Å². The molecule has 0 aliphatic carbocycles. The minimum absolute atomic E-state index is 0. The van der Waals surface area contributed by atoms with Gasteiger partial charge in [-0.25, -0.2) is 0 Å². The number of β-lactam (4-membered cyclic amide) rings is 1. The molecule has 0 aromatic rings. The average Bonchev–Trinajstić information content (AvgIpc) is 2.36. The largest absolute Gasteiger partial charge is 1.00 e. The van der Waals surface area contributed by atoms with E-state index < -0.39 is 17.5 Å². The molecule has 1 saturated heterocycles. The molecule has 0 bridgehead atoms. The summed E-state index contributed by atoms with van der Waals surface area (Å²) in [6.07, 6.45) is 1.02. The van der Waals surface area contributed by atoms with Crippen molar-refractivity contribution in [2.75, 3.05) is 0 Å². The van der Waals surface area contributed by atoms with E-state index in [1.807, 2.05) is 0 Å². The molecular weight excluding hydrogens is 221 g/mol. The normalized spacial score (nSPS) is 33.4. The molecule has 16 heavy (non-hydrogen) atoms. The maximum Gasteiger partial charge on any atom is 1.00 e. The zero-order valence-corrected chi connectivity index (χ0v) is 11.6. The summed E-state index contributed by atoms with van der Waals surface area (Å²) >= 11 is 0. The van der Waals surface area contributed by atoms with Crippen LogP contribution in [0.5, 0.6) is 0 Å². The number of aliphatic hydroxyl groups excluding tert-OH is 1. The van der Waals surface area contributed by atoms with Gasteiger partial charge in [0.1, 0.15) is 0 Å². The Bertz CT molecular complexity index is 379. The predicted molar refractivity (Wildman–Crippen MR) is 48.1 cm³/mol. The van der Waals surface area contributed by atoms with E-state index >= 15 is 0 Å². The number of amides is 1. The minimum atomic E-state index is -1.36. The van der Waals surface area contributed by atoms with Crippen LogP contribution in [0.2, 0.25) is 0 Å². The van der Waals surface area contributed by atoms with Crippen LogP contribution in [0.4, 0.5) is 0 Å². The van der Waals surface area contributed by atoms with Crippen molar-refractivity contribution in [1.29, 1.82) is 0 Å². The fraction of sp³-hybridized carbons (Fsp3) is 0.600. The van der Waals surface area contributed by atoms with E-state index in [1.54, 1.807) is 13.8 Å². The van der Waals surface area contributed by atoms with Crippen LogP contribution in [0.1, 0.15) is 20.3 Å². The van der Waals surface area contributed by atoms with Gasteiger partial charge in [0.2, 0.25) is 5.91 Å². The summed E-state index contributed by atoms with van der Waals surface area (Å²) in [4.78, 5) is 23.3. The molecule has 0 spiro atoms. The first-order valence-electron chi connectivity index (χ1n) is 4.82. The number of hydrogen-bond donors (Lipinski definition) is 1. The minimum Gasteiger partial charge on any atom is -0.543 e. The summed E-state index contributed by atoms with van der Waals surface area (Å²) in [6.45, 7) is 3.34. The Morgan fingerprint density at radius 1 is 1.75 bits per heavy atom. The van der Waals surface area contributed by atoms with E-state index in [2.05, 4.69) is 0 Å². The fourth-order valence-corrected chi connectivity index (χ4v) is 2.23. The summed E-state index contributed by atoms with van der Waals surface area (Å²) < 4.78 is 0. The summed E-state index contributed by atoms with van der Waals surface area (Å²) in [5.74, 6) is -1.59. The molecule has 1 unspecified atom stereocenters. The number of rotatable bonds is 2. The molecule has 82 valence electrons. The topological polar surface area (TPSA) is 80.7 Å². The Balaban J connectivity index is 0.00000128. The molecule has 3 atom stereocenters. The van der Waals surface area contributed by atoms with E-state index in [4.69, 9.17) is 0 Å². The smallest absolute Gasteiger partial charge is 0.543 e. The molecule has 2 heterocycles. The SMILES string of the molecule is C[C@@H](O)C1(C)C=C(C(=O)[O-])N2C(=O)C[C@H]21.[Na+]. The fourth-order valence-electron chi connectivity index (χ4n) is 2.23. The van der Waals surface area contributed by atoms with Crippen LogP contribution in [-0.2, 0) is 9.59 Å². The molecule has 0 radical (unpaired) electrons. The van der Waals surface area contributed by atoms with Gasteiger partial charge in [-0.2, -0.15) is 0 Å². The predicted octanol–water partition coefficient (Wildman–Crippen LogP) is -4.37. The van der Waals surface area contributed by atoms with Crippen LogP contribution in [0.25, 0.3) is 0 Å². The Hall–Kier alpha value is -0.360. The van der Waals surface area contributed by atoms with Crippen LogP contribution in [0.15, 0.2) is 11.8 Å². The molecule has 2 aliphatic rings. The number of carbonyl (C=O) groups excluding carboxylic acids is 2. The second kappa shape index (κ2) is 4.14. The summed E-state index contributed by atoms with van der Waals surface area (Å²) in [6, 6.07) is -0.238. The van der Waals surface area contributed by atoms with Crippen molar-refractivity contribution < 1.29 is 49.4 Å². The first-order chi connectivity index (χ1) is 6.88. The van der Waals surface area contributed by atoms with Crippen molar-refractivity contribution in [2.45, 2.75) is 32.4 Å². The number of carboxylic acids is 1. The second-order valence-corrected chi connectivity index (χ2v) is 4.34. The average molecular weight is 233 g/mol. The van der Waals surface area contributed by atoms with Crippen LogP contribution in [0.3, 0.4) is 0 Å². The molecule has 1 fully saturated rings. The number of nitrogens with zero attached hydrogens (tertiary/aromatic N) is 1. The first-order valence-corrected chi connectivity index (χ1v) is 4.82. The van der Waals surface area contributed by atoms with Crippen molar-refractivity contribution in [3.63, 3.8) is 0 Å². The Kier molecular flexibility index (Phi) is 3.55. The quantitative estimate of drug-likeness (QED) is 0.386. The molecule has 5 nitrogen and oxygen atoms in total. The molecule has 2 rings (SSSR count). The van der Waals surface area contributed by atoms with E-state index in [9.17, 15) is 19.8 Å². The number of carbonyl (C=O) groups is 2. The molecule has 2 aliphatic heterocycles. The number of fused-ring (bicyclic) bond motifs is 1. The third-order valence-electron chi connectivity index (χ3n) is 3.48. The zero-order chi connectivity index (χ0) is 11.4. The van der Waals surface area contributed by atoms with E-state index in [0.29, 0.717) is 0 Å². The number of hydrogen-bond acceptors (Lipinski definition) is 4. The van der Waals surface area contributed by atoms with Gasteiger partial charge < -0.3 is 19.9 Å². The van der Waals surface area contributed by atoms with Gasteiger partial charge >= 0.3 is 29.6 Å². The molecule has 0 saturated carbocycles. The molecule has 0 aromatic carbocycles. The molecule has 1 N–H and O–H groups in total. The summed E-state index contributed by atoms with van der Waals surface area (Å²) in [7, 11) is 0. The zero-order valence-electron chi connectivity index (χ0n) is 9.56. The standard InChI is InChI=1S/C10H13NO4.Na/c1-5(12)10(2)4-6(9(14)15)11-7(10)3-8(11)13;/h4-5,7,12H,3H2,1-2H3,(H,14,15);/q;+1/p-1/t5-,7+,10?;/m1./s1. The summed E-state index contributed by atoms with van der Waals surface area (Å²) in [5.41, 5.74) is -0.789. The molecular formula is C10H12NNaO4. The van der Waals surface area contributed by atoms with Crippen molar-refractivity contribution in [1.82, 2.24) is 4.90 Å². The number of aliphatic carboxylic acids is 1. The van der Waals surface area contributed by atoms with Crippen molar-refractivity contribution >= 4 is 11.9 Å². The van der Waals surface area contributed by atoms with Crippen LogP contribution in [0, 0.1) is 5.41 Å². The van der Waals surface area contributed by atoms with Gasteiger partial charge in [-0.3, -0.25) is 4.79 Å². The van der Waals surface area contributed by atoms with Gasteiger partial charge in [-0.1, -0.05) is 6.92 Å². The van der Waals surface area contributed by atoms with Gasteiger partial charge in [0.15, 0.2) is 0 Å². The molecule has 0 aromatic heterocycles.